The Morgan fingerprint density at radius 2 is 2.25 bits per heavy atom. The first-order chi connectivity index (χ1) is 9.62. The molecule has 20 heavy (non-hydrogen) atoms. The van der Waals surface area contributed by atoms with Gasteiger partial charge in [0.05, 0.1) is 12.2 Å². The largest absolute Gasteiger partial charge is 0.354 e. The van der Waals surface area contributed by atoms with E-state index >= 15 is 0 Å². The Balaban J connectivity index is 1.81. The first-order valence-corrected chi connectivity index (χ1v) is 9.15. The standard InChI is InChI=1S/C14H24N4S2/c1-9-10(2)20-13(17-9)8-16-14(15-3)18-11-5-6-12(7-11)19-4/h11-12H,5-8H2,1-4H3,(H2,15,16,18). The fourth-order valence-electron chi connectivity index (χ4n) is 2.45. The van der Waals surface area contributed by atoms with Crippen molar-refractivity contribution in [1.29, 1.82) is 0 Å². The SMILES string of the molecule is CN=C(NCc1nc(C)c(C)s1)NC1CCC(SC)C1. The first kappa shape index (κ1) is 15.6. The van der Waals surface area contributed by atoms with Gasteiger partial charge in [-0.1, -0.05) is 0 Å². The van der Waals surface area contributed by atoms with Gasteiger partial charge >= 0.3 is 0 Å². The van der Waals surface area contributed by atoms with Crippen LogP contribution in [0.15, 0.2) is 4.99 Å². The van der Waals surface area contributed by atoms with Crippen molar-refractivity contribution >= 4 is 29.1 Å². The zero-order chi connectivity index (χ0) is 14.5. The highest BCUT2D eigenvalue weighted by molar-refractivity contribution is 7.99. The van der Waals surface area contributed by atoms with Crippen LogP contribution in [-0.2, 0) is 6.54 Å². The number of hydrogen-bond acceptors (Lipinski definition) is 4. The van der Waals surface area contributed by atoms with Gasteiger partial charge in [-0.3, -0.25) is 4.99 Å². The van der Waals surface area contributed by atoms with Crippen molar-refractivity contribution in [2.75, 3.05) is 13.3 Å². The molecule has 1 aromatic heterocycles. The third-order valence-corrected chi connectivity index (χ3v) is 5.93. The van der Waals surface area contributed by atoms with Crippen LogP contribution in [0, 0.1) is 13.8 Å². The first-order valence-electron chi connectivity index (χ1n) is 7.05. The normalized spacial score (nSPS) is 23.1. The molecule has 6 heteroatoms. The van der Waals surface area contributed by atoms with Gasteiger partial charge in [0.15, 0.2) is 5.96 Å². The Bertz CT molecular complexity index is 450. The van der Waals surface area contributed by atoms with Crippen molar-refractivity contribution in [3.63, 3.8) is 0 Å². The summed E-state index contributed by atoms with van der Waals surface area (Å²) in [6, 6.07) is 0.554. The summed E-state index contributed by atoms with van der Waals surface area (Å²) in [5.41, 5.74) is 1.13. The van der Waals surface area contributed by atoms with Crippen LogP contribution in [0.2, 0.25) is 0 Å². The van der Waals surface area contributed by atoms with E-state index in [1.165, 1.54) is 24.1 Å². The van der Waals surface area contributed by atoms with E-state index in [9.17, 15) is 0 Å². The molecule has 1 saturated carbocycles. The molecule has 0 spiro atoms. The second-order valence-electron chi connectivity index (χ2n) is 5.19. The fraction of sp³-hybridized carbons (Fsp3) is 0.714. The lowest BCUT2D eigenvalue weighted by Gasteiger charge is -2.16. The fourth-order valence-corrected chi connectivity index (χ4v) is 4.12. The molecule has 0 aromatic carbocycles. The van der Waals surface area contributed by atoms with Gasteiger partial charge < -0.3 is 10.6 Å². The number of aryl methyl sites for hydroxylation is 2. The lowest BCUT2D eigenvalue weighted by molar-refractivity contribution is 0.614. The quantitative estimate of drug-likeness (QED) is 0.663. The monoisotopic (exact) mass is 312 g/mol. The maximum atomic E-state index is 4.54. The molecule has 0 aliphatic heterocycles. The van der Waals surface area contributed by atoms with Crippen molar-refractivity contribution in [3.05, 3.63) is 15.6 Å². The van der Waals surface area contributed by atoms with Crippen molar-refractivity contribution in [1.82, 2.24) is 15.6 Å². The van der Waals surface area contributed by atoms with Crippen LogP contribution in [0.3, 0.4) is 0 Å². The molecule has 1 aromatic rings. The molecular formula is C14H24N4S2. The zero-order valence-electron chi connectivity index (χ0n) is 12.7. The van der Waals surface area contributed by atoms with E-state index in [-0.39, 0.29) is 0 Å². The van der Waals surface area contributed by atoms with Crippen LogP contribution >= 0.6 is 23.1 Å². The summed E-state index contributed by atoms with van der Waals surface area (Å²) in [6.07, 6.45) is 5.98. The van der Waals surface area contributed by atoms with Gasteiger partial charge in [0, 0.05) is 23.2 Å². The predicted molar refractivity (Wildman–Crippen MR) is 89.9 cm³/mol. The molecule has 2 unspecified atom stereocenters. The minimum Gasteiger partial charge on any atom is -0.354 e. The molecule has 0 saturated heterocycles. The topological polar surface area (TPSA) is 49.3 Å². The molecule has 1 aliphatic carbocycles. The molecule has 112 valence electrons. The average Bonchev–Trinajstić information content (AvgIpc) is 3.02. The summed E-state index contributed by atoms with van der Waals surface area (Å²) < 4.78 is 0. The Kier molecular flexibility index (Phi) is 5.72. The number of guanidine groups is 1. The number of aliphatic imine (C=N–C) groups is 1. The van der Waals surface area contributed by atoms with Gasteiger partial charge in [0.1, 0.15) is 5.01 Å². The Labute approximate surface area is 129 Å². The van der Waals surface area contributed by atoms with E-state index in [0.717, 1.165) is 28.5 Å². The summed E-state index contributed by atoms with van der Waals surface area (Å²) in [5.74, 6) is 0.891. The molecule has 0 bridgehead atoms. The molecule has 2 rings (SSSR count). The lowest BCUT2D eigenvalue weighted by Crippen LogP contribution is -2.42. The summed E-state index contributed by atoms with van der Waals surface area (Å²) in [5, 5.41) is 8.81. The molecule has 1 fully saturated rings. The molecule has 0 radical (unpaired) electrons. The molecule has 4 nitrogen and oxygen atoms in total. The highest BCUT2D eigenvalue weighted by Gasteiger charge is 2.24. The molecular weight excluding hydrogens is 288 g/mol. The Morgan fingerprint density at radius 1 is 1.45 bits per heavy atom. The zero-order valence-corrected chi connectivity index (χ0v) is 14.3. The number of rotatable bonds is 4. The van der Waals surface area contributed by atoms with E-state index in [1.54, 1.807) is 11.3 Å². The Morgan fingerprint density at radius 3 is 2.80 bits per heavy atom. The summed E-state index contributed by atoms with van der Waals surface area (Å²) >= 11 is 3.73. The van der Waals surface area contributed by atoms with Gasteiger partial charge in [0.25, 0.3) is 0 Å². The highest BCUT2D eigenvalue weighted by Crippen LogP contribution is 2.28. The van der Waals surface area contributed by atoms with Gasteiger partial charge in [-0.25, -0.2) is 4.98 Å². The number of nitrogens with zero attached hydrogens (tertiary/aromatic N) is 2. The van der Waals surface area contributed by atoms with E-state index < -0.39 is 0 Å². The van der Waals surface area contributed by atoms with Crippen LogP contribution in [0.4, 0.5) is 0 Å². The maximum Gasteiger partial charge on any atom is 0.191 e. The molecule has 2 N–H and O–H groups in total. The average molecular weight is 313 g/mol. The van der Waals surface area contributed by atoms with E-state index in [2.05, 4.69) is 40.7 Å². The summed E-state index contributed by atoms with van der Waals surface area (Å²) in [4.78, 5) is 10.1. The number of hydrogen-bond donors (Lipinski definition) is 2. The van der Waals surface area contributed by atoms with Crippen LogP contribution in [-0.4, -0.2) is 35.5 Å². The van der Waals surface area contributed by atoms with Crippen LogP contribution < -0.4 is 10.6 Å². The third kappa shape index (κ3) is 4.12. The number of thiazole rings is 1. The second kappa shape index (κ2) is 7.31. The van der Waals surface area contributed by atoms with Gasteiger partial charge in [-0.2, -0.15) is 11.8 Å². The van der Waals surface area contributed by atoms with Crippen LogP contribution in [0.1, 0.15) is 34.8 Å². The van der Waals surface area contributed by atoms with Crippen molar-refractivity contribution in [3.8, 4) is 0 Å². The summed E-state index contributed by atoms with van der Waals surface area (Å²) in [6.45, 7) is 4.92. The van der Waals surface area contributed by atoms with Gasteiger partial charge in [-0.05, 0) is 39.4 Å². The van der Waals surface area contributed by atoms with E-state index in [1.807, 2.05) is 18.8 Å². The van der Waals surface area contributed by atoms with Gasteiger partial charge in [-0.15, -0.1) is 11.3 Å². The number of aromatic nitrogens is 1. The Hall–Kier alpha value is -0.750. The minimum atomic E-state index is 0.554. The van der Waals surface area contributed by atoms with E-state index in [4.69, 9.17) is 0 Å². The third-order valence-electron chi connectivity index (χ3n) is 3.76. The smallest absolute Gasteiger partial charge is 0.191 e. The van der Waals surface area contributed by atoms with Crippen LogP contribution in [0.5, 0.6) is 0 Å². The predicted octanol–water partition coefficient (Wildman–Crippen LogP) is 2.71. The van der Waals surface area contributed by atoms with Crippen molar-refractivity contribution < 1.29 is 0 Å². The molecule has 2 atom stereocenters. The highest BCUT2D eigenvalue weighted by atomic mass is 32.2. The second-order valence-corrected chi connectivity index (χ2v) is 7.61. The van der Waals surface area contributed by atoms with Crippen molar-refractivity contribution in [2.24, 2.45) is 4.99 Å². The number of nitrogens with one attached hydrogen (secondary N) is 2. The number of thioether (sulfide) groups is 1. The van der Waals surface area contributed by atoms with Crippen molar-refractivity contribution in [2.45, 2.75) is 50.9 Å². The summed E-state index contributed by atoms with van der Waals surface area (Å²) in [7, 11) is 1.83. The minimum absolute atomic E-state index is 0.554. The van der Waals surface area contributed by atoms with Crippen LogP contribution in [0.25, 0.3) is 0 Å². The van der Waals surface area contributed by atoms with E-state index in [0.29, 0.717) is 6.04 Å². The van der Waals surface area contributed by atoms with Gasteiger partial charge in [0.2, 0.25) is 0 Å². The molecule has 1 aliphatic rings. The lowest BCUT2D eigenvalue weighted by atomic mass is 10.2. The molecule has 1 heterocycles. The maximum absolute atomic E-state index is 4.54. The molecule has 0 amide bonds.